The molecule has 3 nitrogen and oxygen atoms in total. The zero-order valence-corrected chi connectivity index (χ0v) is 13.0. The molecule has 106 valence electrons. The van der Waals surface area contributed by atoms with Crippen LogP contribution in [0.1, 0.15) is 23.3 Å². The third-order valence-corrected chi connectivity index (χ3v) is 5.26. The van der Waals surface area contributed by atoms with E-state index >= 15 is 0 Å². The summed E-state index contributed by atoms with van der Waals surface area (Å²) in [5, 5.41) is 4.85. The lowest BCUT2D eigenvalue weighted by Crippen LogP contribution is -2.00. The Morgan fingerprint density at radius 2 is 1.86 bits per heavy atom. The summed E-state index contributed by atoms with van der Waals surface area (Å²) in [5.41, 5.74) is 2.34. The van der Waals surface area contributed by atoms with Crippen molar-refractivity contribution in [2.75, 3.05) is 5.32 Å². The van der Waals surface area contributed by atoms with Crippen molar-refractivity contribution in [2.45, 2.75) is 25.7 Å². The van der Waals surface area contributed by atoms with Gasteiger partial charge in [0, 0.05) is 10.6 Å². The number of para-hydroxylation sites is 1. The van der Waals surface area contributed by atoms with E-state index in [9.17, 15) is 0 Å². The van der Waals surface area contributed by atoms with Gasteiger partial charge in [-0.1, -0.05) is 29.8 Å². The van der Waals surface area contributed by atoms with E-state index in [1.54, 1.807) is 11.3 Å². The van der Waals surface area contributed by atoms with Crippen molar-refractivity contribution in [1.29, 1.82) is 0 Å². The molecule has 0 fully saturated rings. The lowest BCUT2D eigenvalue weighted by molar-refractivity contribution is 0.700. The number of fused-ring (bicyclic) bond motifs is 3. The van der Waals surface area contributed by atoms with Crippen molar-refractivity contribution in [1.82, 2.24) is 9.97 Å². The average molecular weight is 316 g/mol. The fourth-order valence-electron chi connectivity index (χ4n) is 2.82. The number of anilines is 2. The van der Waals surface area contributed by atoms with Crippen LogP contribution < -0.4 is 5.32 Å². The number of rotatable bonds is 2. The average Bonchev–Trinajstić information content (AvgIpc) is 2.87. The predicted molar refractivity (Wildman–Crippen MR) is 88.8 cm³/mol. The summed E-state index contributed by atoms with van der Waals surface area (Å²) in [5.74, 6) is 0.567. The molecule has 1 aliphatic rings. The number of hydrogen-bond donors (Lipinski definition) is 1. The molecule has 2 heterocycles. The third kappa shape index (κ3) is 2.39. The largest absolute Gasteiger partial charge is 0.324 e. The van der Waals surface area contributed by atoms with Crippen molar-refractivity contribution in [3.8, 4) is 0 Å². The maximum Gasteiger partial charge on any atom is 0.230 e. The second-order valence-electron chi connectivity index (χ2n) is 5.22. The first kappa shape index (κ1) is 13.0. The van der Waals surface area contributed by atoms with Gasteiger partial charge in [-0.3, -0.25) is 0 Å². The van der Waals surface area contributed by atoms with Gasteiger partial charge in [0.25, 0.3) is 0 Å². The van der Waals surface area contributed by atoms with Gasteiger partial charge in [-0.2, -0.15) is 0 Å². The van der Waals surface area contributed by atoms with Crippen LogP contribution in [0, 0.1) is 0 Å². The second-order valence-corrected chi connectivity index (χ2v) is 6.66. The minimum Gasteiger partial charge on any atom is -0.324 e. The number of aryl methyl sites for hydroxylation is 2. The number of nitrogens with one attached hydrogen (secondary N) is 1. The van der Waals surface area contributed by atoms with Crippen molar-refractivity contribution in [3.05, 3.63) is 45.9 Å². The molecule has 0 aliphatic heterocycles. The Bertz CT molecular complexity index is 798. The Kier molecular flexibility index (Phi) is 3.28. The van der Waals surface area contributed by atoms with Gasteiger partial charge >= 0.3 is 0 Å². The van der Waals surface area contributed by atoms with E-state index in [1.165, 1.54) is 23.3 Å². The van der Waals surface area contributed by atoms with E-state index in [0.29, 0.717) is 11.1 Å². The van der Waals surface area contributed by atoms with Crippen LogP contribution in [0.15, 0.2) is 30.3 Å². The van der Waals surface area contributed by atoms with E-state index in [0.717, 1.165) is 28.7 Å². The van der Waals surface area contributed by atoms with Gasteiger partial charge in [0.05, 0.1) is 5.39 Å². The smallest absolute Gasteiger partial charge is 0.230 e. The van der Waals surface area contributed by atoms with Gasteiger partial charge < -0.3 is 5.32 Å². The molecule has 1 aliphatic carbocycles. The molecule has 4 rings (SSSR count). The standard InChI is InChI=1S/C16H14ClN3S/c17-14-13-11-8-4-5-9-12(11)21-15(13)20-16(19-14)18-10-6-2-1-3-7-10/h1-3,6-7H,4-5,8-9H2,(H,18,19,20). The lowest BCUT2D eigenvalue weighted by atomic mass is 9.97. The monoisotopic (exact) mass is 315 g/mol. The molecule has 21 heavy (non-hydrogen) atoms. The minimum atomic E-state index is 0.567. The molecule has 3 aromatic rings. The SMILES string of the molecule is Clc1nc(Nc2ccccc2)nc2sc3c(c12)CCCC3. The number of thiophene rings is 1. The van der Waals surface area contributed by atoms with E-state index < -0.39 is 0 Å². The highest BCUT2D eigenvalue weighted by Crippen LogP contribution is 2.38. The Labute approximate surface area is 132 Å². The highest BCUT2D eigenvalue weighted by Gasteiger charge is 2.20. The Morgan fingerprint density at radius 3 is 2.71 bits per heavy atom. The maximum atomic E-state index is 6.42. The Morgan fingerprint density at radius 1 is 1.05 bits per heavy atom. The number of halogens is 1. The van der Waals surface area contributed by atoms with Gasteiger partial charge in [0.15, 0.2) is 0 Å². The second kappa shape index (κ2) is 5.28. The molecular weight excluding hydrogens is 302 g/mol. The number of hydrogen-bond acceptors (Lipinski definition) is 4. The van der Waals surface area contributed by atoms with Gasteiger partial charge in [0.2, 0.25) is 5.95 Å². The molecule has 0 saturated heterocycles. The highest BCUT2D eigenvalue weighted by atomic mass is 35.5. The first-order valence-electron chi connectivity index (χ1n) is 7.11. The Balaban J connectivity index is 1.79. The summed E-state index contributed by atoms with van der Waals surface area (Å²) >= 11 is 8.19. The topological polar surface area (TPSA) is 37.8 Å². The molecule has 1 N–H and O–H groups in total. The summed E-state index contributed by atoms with van der Waals surface area (Å²) < 4.78 is 0. The number of nitrogens with zero attached hydrogens (tertiary/aromatic N) is 2. The van der Waals surface area contributed by atoms with Gasteiger partial charge in [-0.15, -0.1) is 11.3 Å². The van der Waals surface area contributed by atoms with E-state index in [4.69, 9.17) is 11.6 Å². The zero-order valence-electron chi connectivity index (χ0n) is 11.4. The first-order chi connectivity index (χ1) is 10.3. The molecular formula is C16H14ClN3S. The molecule has 0 unspecified atom stereocenters. The van der Waals surface area contributed by atoms with Crippen LogP contribution in [0.4, 0.5) is 11.6 Å². The summed E-state index contributed by atoms with van der Waals surface area (Å²) in [6, 6.07) is 9.91. The highest BCUT2D eigenvalue weighted by molar-refractivity contribution is 7.19. The van der Waals surface area contributed by atoms with Crippen LogP contribution in [0.2, 0.25) is 5.15 Å². The van der Waals surface area contributed by atoms with Gasteiger partial charge in [-0.05, 0) is 43.4 Å². The first-order valence-corrected chi connectivity index (χ1v) is 8.30. The molecule has 1 aromatic carbocycles. The van der Waals surface area contributed by atoms with Crippen LogP contribution in [-0.2, 0) is 12.8 Å². The maximum absolute atomic E-state index is 6.42. The van der Waals surface area contributed by atoms with Crippen molar-refractivity contribution in [3.63, 3.8) is 0 Å². The van der Waals surface area contributed by atoms with Crippen LogP contribution >= 0.6 is 22.9 Å². The van der Waals surface area contributed by atoms with E-state index in [-0.39, 0.29) is 0 Å². The van der Waals surface area contributed by atoms with E-state index in [1.807, 2.05) is 30.3 Å². The van der Waals surface area contributed by atoms with Crippen molar-refractivity contribution < 1.29 is 0 Å². The molecule has 0 bridgehead atoms. The Hall–Kier alpha value is -1.65. The normalized spacial score (nSPS) is 14.1. The van der Waals surface area contributed by atoms with Gasteiger partial charge in [0.1, 0.15) is 9.98 Å². The fourth-order valence-corrected chi connectivity index (χ4v) is 4.42. The summed E-state index contributed by atoms with van der Waals surface area (Å²) in [4.78, 5) is 11.5. The molecule has 0 spiro atoms. The predicted octanol–water partition coefficient (Wildman–Crippen LogP) is 4.97. The molecule has 0 radical (unpaired) electrons. The van der Waals surface area contributed by atoms with Crippen LogP contribution in [0.5, 0.6) is 0 Å². The molecule has 0 amide bonds. The minimum absolute atomic E-state index is 0.567. The van der Waals surface area contributed by atoms with Crippen molar-refractivity contribution in [2.24, 2.45) is 0 Å². The summed E-state index contributed by atoms with van der Waals surface area (Å²) in [6.45, 7) is 0. The summed E-state index contributed by atoms with van der Waals surface area (Å²) in [6.07, 6.45) is 4.75. The van der Waals surface area contributed by atoms with Gasteiger partial charge in [-0.25, -0.2) is 9.97 Å². The molecule has 0 saturated carbocycles. The van der Waals surface area contributed by atoms with E-state index in [2.05, 4.69) is 15.3 Å². The lowest BCUT2D eigenvalue weighted by Gasteiger charge is -2.10. The van der Waals surface area contributed by atoms with Crippen LogP contribution in [0.3, 0.4) is 0 Å². The van der Waals surface area contributed by atoms with Crippen molar-refractivity contribution >= 4 is 44.8 Å². The molecule has 2 aromatic heterocycles. The van der Waals surface area contributed by atoms with Crippen LogP contribution in [0.25, 0.3) is 10.2 Å². The third-order valence-electron chi connectivity index (χ3n) is 3.80. The quantitative estimate of drug-likeness (QED) is 0.679. The molecule has 0 atom stereocenters. The summed E-state index contributed by atoms with van der Waals surface area (Å²) in [7, 11) is 0. The fraction of sp³-hybridized carbons (Fsp3) is 0.250. The zero-order chi connectivity index (χ0) is 14.2. The number of benzene rings is 1. The number of aromatic nitrogens is 2. The van der Waals surface area contributed by atoms with Crippen LogP contribution in [-0.4, -0.2) is 9.97 Å². The molecule has 5 heteroatoms.